The zero-order valence-electron chi connectivity index (χ0n) is 14.7. The molecule has 0 spiro atoms. The molecule has 10 heteroatoms. The molecule has 0 saturated carbocycles. The van der Waals surface area contributed by atoms with E-state index in [1.165, 1.54) is 12.1 Å². The summed E-state index contributed by atoms with van der Waals surface area (Å²) in [5.41, 5.74) is 0.0375. The van der Waals surface area contributed by atoms with Crippen molar-refractivity contribution in [2.75, 3.05) is 31.1 Å². The van der Waals surface area contributed by atoms with Gasteiger partial charge in [0.25, 0.3) is 0 Å². The first-order valence-corrected chi connectivity index (χ1v) is 8.30. The molecule has 0 atom stereocenters. The van der Waals surface area contributed by atoms with Crippen LogP contribution in [0.4, 0.5) is 18.9 Å². The number of hydrogen-bond donors (Lipinski definition) is 2. The molecule has 28 heavy (non-hydrogen) atoms. The summed E-state index contributed by atoms with van der Waals surface area (Å²) in [6.45, 7) is 3.77. The standard InChI is InChI=1S/C16H17F3N2O.C2H2O4/c17-16(18,19)13-3-1-4-14(11-13)21-8-6-20(7-9-21)12-15-5-2-10-22-15;3-1(4)2(5)6/h1-5,10-11H,6-9,12H2;(H,3,4)(H,5,6). The molecule has 2 aromatic rings. The second-order valence-electron chi connectivity index (χ2n) is 6.00. The highest BCUT2D eigenvalue weighted by molar-refractivity contribution is 6.27. The van der Waals surface area contributed by atoms with E-state index in [1.54, 1.807) is 12.3 Å². The van der Waals surface area contributed by atoms with Crippen LogP contribution in [0, 0.1) is 0 Å². The number of hydrogen-bond acceptors (Lipinski definition) is 5. The molecule has 1 aliphatic rings. The Morgan fingerprint density at radius 2 is 1.64 bits per heavy atom. The first kappa shape index (κ1) is 21.3. The summed E-state index contributed by atoms with van der Waals surface area (Å²) in [6, 6.07) is 9.32. The molecule has 1 aliphatic heterocycles. The van der Waals surface area contributed by atoms with Gasteiger partial charge in [0.1, 0.15) is 5.76 Å². The minimum atomic E-state index is -4.29. The number of nitrogens with zero attached hydrogens (tertiary/aromatic N) is 2. The first-order valence-electron chi connectivity index (χ1n) is 8.30. The van der Waals surface area contributed by atoms with Gasteiger partial charge in [0, 0.05) is 31.9 Å². The van der Waals surface area contributed by atoms with E-state index < -0.39 is 23.7 Å². The molecule has 0 amide bonds. The van der Waals surface area contributed by atoms with E-state index in [0.29, 0.717) is 18.8 Å². The van der Waals surface area contributed by atoms with Crippen molar-refractivity contribution in [1.29, 1.82) is 0 Å². The van der Waals surface area contributed by atoms with Gasteiger partial charge in [-0.2, -0.15) is 13.2 Å². The predicted molar refractivity (Wildman–Crippen MR) is 92.9 cm³/mol. The summed E-state index contributed by atoms with van der Waals surface area (Å²) in [5, 5.41) is 14.8. The van der Waals surface area contributed by atoms with Crippen LogP contribution in [-0.4, -0.2) is 53.2 Å². The van der Waals surface area contributed by atoms with Crippen LogP contribution in [0.25, 0.3) is 0 Å². The van der Waals surface area contributed by atoms with Crippen LogP contribution in [0.1, 0.15) is 11.3 Å². The lowest BCUT2D eigenvalue weighted by molar-refractivity contribution is -0.159. The minimum absolute atomic E-state index is 0.594. The lowest BCUT2D eigenvalue weighted by Gasteiger charge is -2.35. The van der Waals surface area contributed by atoms with Crippen LogP contribution in [0.15, 0.2) is 47.1 Å². The Balaban J connectivity index is 0.000000409. The normalized spacial score (nSPS) is 14.9. The Kier molecular flexibility index (Phi) is 7.05. The van der Waals surface area contributed by atoms with Crippen molar-refractivity contribution in [3.05, 3.63) is 54.0 Å². The summed E-state index contributed by atoms with van der Waals surface area (Å²) in [5.74, 6) is -2.74. The Hall–Kier alpha value is -3.01. The number of benzene rings is 1. The van der Waals surface area contributed by atoms with E-state index in [4.69, 9.17) is 24.2 Å². The number of alkyl halides is 3. The Morgan fingerprint density at radius 3 is 2.14 bits per heavy atom. The fraction of sp³-hybridized carbons (Fsp3) is 0.333. The fourth-order valence-electron chi connectivity index (χ4n) is 2.67. The summed E-state index contributed by atoms with van der Waals surface area (Å²) < 4.78 is 43.6. The van der Waals surface area contributed by atoms with E-state index >= 15 is 0 Å². The van der Waals surface area contributed by atoms with Crippen LogP contribution in [-0.2, 0) is 22.3 Å². The molecule has 7 nitrogen and oxygen atoms in total. The van der Waals surface area contributed by atoms with Crippen molar-refractivity contribution >= 4 is 17.6 Å². The molecule has 0 unspecified atom stereocenters. The summed E-state index contributed by atoms with van der Waals surface area (Å²) in [4.78, 5) is 22.4. The van der Waals surface area contributed by atoms with Crippen LogP contribution >= 0.6 is 0 Å². The number of carbonyl (C=O) groups is 2. The van der Waals surface area contributed by atoms with Crippen LogP contribution in [0.5, 0.6) is 0 Å². The van der Waals surface area contributed by atoms with E-state index in [9.17, 15) is 13.2 Å². The average Bonchev–Trinajstić information content (AvgIpc) is 3.15. The molecule has 2 N–H and O–H groups in total. The quantitative estimate of drug-likeness (QED) is 0.765. The molecule has 152 valence electrons. The van der Waals surface area contributed by atoms with Gasteiger partial charge in [-0.25, -0.2) is 9.59 Å². The van der Waals surface area contributed by atoms with Crippen molar-refractivity contribution in [2.24, 2.45) is 0 Å². The highest BCUT2D eigenvalue weighted by Crippen LogP contribution is 2.31. The van der Waals surface area contributed by atoms with Gasteiger partial charge in [-0.05, 0) is 30.3 Å². The Bertz CT molecular complexity index is 773. The SMILES string of the molecule is FC(F)(F)c1cccc(N2CCN(Cc3ccco3)CC2)c1.O=C(O)C(=O)O. The summed E-state index contributed by atoms with van der Waals surface area (Å²) in [7, 11) is 0. The van der Waals surface area contributed by atoms with Crippen LogP contribution in [0.2, 0.25) is 0 Å². The van der Waals surface area contributed by atoms with E-state index in [-0.39, 0.29) is 0 Å². The number of carboxylic acids is 2. The maximum atomic E-state index is 12.8. The molecule has 0 radical (unpaired) electrons. The van der Waals surface area contributed by atoms with Gasteiger partial charge in [-0.3, -0.25) is 4.90 Å². The van der Waals surface area contributed by atoms with Crippen molar-refractivity contribution in [3.63, 3.8) is 0 Å². The molecule has 0 bridgehead atoms. The maximum absolute atomic E-state index is 12.8. The third kappa shape index (κ3) is 6.31. The lowest BCUT2D eigenvalue weighted by atomic mass is 10.1. The highest BCUT2D eigenvalue weighted by Gasteiger charge is 2.31. The smallest absolute Gasteiger partial charge is 0.416 e. The van der Waals surface area contributed by atoms with Gasteiger partial charge in [0.05, 0.1) is 18.4 Å². The monoisotopic (exact) mass is 400 g/mol. The fourth-order valence-corrected chi connectivity index (χ4v) is 2.67. The Labute approximate surface area is 158 Å². The molecule has 1 fully saturated rings. The zero-order valence-corrected chi connectivity index (χ0v) is 14.7. The van der Waals surface area contributed by atoms with Crippen molar-refractivity contribution in [2.45, 2.75) is 12.7 Å². The molecular formula is C18H19F3N2O5. The lowest BCUT2D eigenvalue weighted by Crippen LogP contribution is -2.46. The molecule has 3 rings (SSSR count). The predicted octanol–water partition coefficient (Wildman–Crippen LogP) is 2.78. The number of halogens is 3. The third-order valence-corrected chi connectivity index (χ3v) is 4.05. The van der Waals surface area contributed by atoms with E-state index in [1.807, 2.05) is 17.0 Å². The first-order chi connectivity index (χ1) is 13.2. The van der Waals surface area contributed by atoms with Crippen LogP contribution in [0.3, 0.4) is 0 Å². The van der Waals surface area contributed by atoms with Crippen molar-refractivity contribution < 1.29 is 37.4 Å². The number of carboxylic acid groups (broad SMARTS) is 2. The van der Waals surface area contributed by atoms with Crippen molar-refractivity contribution in [3.8, 4) is 0 Å². The zero-order chi connectivity index (χ0) is 20.7. The molecular weight excluding hydrogens is 381 g/mol. The Morgan fingerprint density at radius 1 is 1.00 bits per heavy atom. The second kappa shape index (κ2) is 9.27. The number of furan rings is 1. The number of rotatable bonds is 3. The number of anilines is 1. The molecule has 2 heterocycles. The van der Waals surface area contributed by atoms with Gasteiger partial charge in [-0.1, -0.05) is 6.07 Å². The van der Waals surface area contributed by atoms with E-state index in [2.05, 4.69) is 4.90 Å². The molecule has 1 saturated heterocycles. The molecule has 1 aromatic carbocycles. The number of piperazine rings is 1. The summed E-state index contributed by atoms with van der Waals surface area (Å²) in [6.07, 6.45) is -2.65. The van der Waals surface area contributed by atoms with Gasteiger partial charge >= 0.3 is 18.1 Å². The minimum Gasteiger partial charge on any atom is -0.473 e. The number of aliphatic carboxylic acids is 2. The highest BCUT2D eigenvalue weighted by atomic mass is 19.4. The third-order valence-electron chi connectivity index (χ3n) is 4.05. The largest absolute Gasteiger partial charge is 0.473 e. The van der Waals surface area contributed by atoms with Gasteiger partial charge in [0.15, 0.2) is 0 Å². The summed E-state index contributed by atoms with van der Waals surface area (Å²) >= 11 is 0. The van der Waals surface area contributed by atoms with Crippen molar-refractivity contribution in [1.82, 2.24) is 4.90 Å². The van der Waals surface area contributed by atoms with Gasteiger partial charge < -0.3 is 19.5 Å². The molecule has 1 aromatic heterocycles. The van der Waals surface area contributed by atoms with Gasteiger partial charge in [0.2, 0.25) is 0 Å². The van der Waals surface area contributed by atoms with Gasteiger partial charge in [-0.15, -0.1) is 0 Å². The average molecular weight is 400 g/mol. The molecule has 0 aliphatic carbocycles. The van der Waals surface area contributed by atoms with E-state index in [0.717, 1.165) is 31.5 Å². The maximum Gasteiger partial charge on any atom is 0.416 e. The second-order valence-corrected chi connectivity index (χ2v) is 6.00. The topological polar surface area (TPSA) is 94.2 Å². The van der Waals surface area contributed by atoms with Crippen LogP contribution < -0.4 is 4.90 Å².